The lowest BCUT2D eigenvalue weighted by molar-refractivity contribution is 0.268. The normalized spacial score (nSPS) is 11.3. The summed E-state index contributed by atoms with van der Waals surface area (Å²) in [5.74, 6) is 0.815. The minimum absolute atomic E-state index is 0.161. The minimum atomic E-state index is -3.66. The van der Waals surface area contributed by atoms with Crippen LogP contribution in [0.25, 0.3) is 0 Å². The van der Waals surface area contributed by atoms with Gasteiger partial charge in [0, 0.05) is 0 Å². The van der Waals surface area contributed by atoms with Crippen molar-refractivity contribution in [3.8, 4) is 5.75 Å². The van der Waals surface area contributed by atoms with Gasteiger partial charge in [-0.3, -0.25) is 4.18 Å². The molecular weight excluding hydrogens is 300 g/mol. The maximum atomic E-state index is 11.9. The molecule has 0 unspecified atom stereocenters. The molecule has 0 radical (unpaired) electrons. The van der Waals surface area contributed by atoms with Gasteiger partial charge >= 0.3 is 0 Å². The number of para-hydroxylation sites is 1. The summed E-state index contributed by atoms with van der Waals surface area (Å²) in [6, 6.07) is 16.1. The van der Waals surface area contributed by atoms with E-state index in [1.54, 1.807) is 24.3 Å². The van der Waals surface area contributed by atoms with Crippen LogP contribution in [0.4, 0.5) is 0 Å². The van der Waals surface area contributed by atoms with Gasteiger partial charge in [0.2, 0.25) is 0 Å². The van der Waals surface area contributed by atoms with Crippen LogP contribution in [0.3, 0.4) is 0 Å². The van der Waals surface area contributed by atoms with Gasteiger partial charge in [-0.2, -0.15) is 8.42 Å². The maximum Gasteiger partial charge on any atom is 0.296 e. The zero-order valence-corrected chi connectivity index (χ0v) is 13.4. The predicted octanol–water partition coefficient (Wildman–Crippen LogP) is 3.56. The Kier molecular flexibility index (Phi) is 5.98. The number of hydrogen-bond donors (Lipinski definition) is 0. The highest BCUT2D eigenvalue weighted by molar-refractivity contribution is 7.86. The molecule has 0 saturated heterocycles. The van der Waals surface area contributed by atoms with Crippen molar-refractivity contribution in [2.45, 2.75) is 24.7 Å². The van der Waals surface area contributed by atoms with Crippen LogP contribution in [-0.2, 0) is 14.3 Å². The van der Waals surface area contributed by atoms with Crippen molar-refractivity contribution in [3.63, 3.8) is 0 Å². The summed E-state index contributed by atoms with van der Waals surface area (Å²) in [6.45, 7) is 2.61. The Labute approximate surface area is 131 Å². The van der Waals surface area contributed by atoms with Gasteiger partial charge in [-0.25, -0.2) is 0 Å². The third-order valence-electron chi connectivity index (χ3n) is 3.10. The summed E-state index contributed by atoms with van der Waals surface area (Å²) in [5.41, 5.74) is 1.01. The predicted molar refractivity (Wildman–Crippen MR) is 85.5 cm³/mol. The van der Waals surface area contributed by atoms with Gasteiger partial charge < -0.3 is 4.74 Å². The van der Waals surface area contributed by atoms with E-state index in [0.29, 0.717) is 13.0 Å². The van der Waals surface area contributed by atoms with E-state index in [9.17, 15) is 8.42 Å². The van der Waals surface area contributed by atoms with Crippen LogP contribution in [0.2, 0.25) is 0 Å². The average molecular weight is 320 g/mol. The van der Waals surface area contributed by atoms with E-state index in [4.69, 9.17) is 8.92 Å². The fraction of sp³-hybridized carbons (Fsp3) is 0.294. The molecule has 22 heavy (non-hydrogen) atoms. The highest BCUT2D eigenvalue weighted by atomic mass is 32.2. The Morgan fingerprint density at radius 1 is 0.864 bits per heavy atom. The molecule has 118 valence electrons. The fourth-order valence-corrected chi connectivity index (χ4v) is 2.80. The van der Waals surface area contributed by atoms with Crippen LogP contribution < -0.4 is 4.74 Å². The van der Waals surface area contributed by atoms with Gasteiger partial charge in [0.25, 0.3) is 10.1 Å². The summed E-state index contributed by atoms with van der Waals surface area (Å²) in [4.78, 5) is 0.193. The average Bonchev–Trinajstić information content (AvgIpc) is 2.52. The molecule has 0 heterocycles. The summed E-state index contributed by atoms with van der Waals surface area (Å²) < 4.78 is 34.4. The van der Waals surface area contributed by atoms with E-state index >= 15 is 0 Å². The van der Waals surface area contributed by atoms with Crippen molar-refractivity contribution < 1.29 is 17.3 Å². The van der Waals surface area contributed by atoms with E-state index in [-0.39, 0.29) is 11.5 Å². The van der Waals surface area contributed by atoms with Crippen LogP contribution in [0.5, 0.6) is 5.75 Å². The van der Waals surface area contributed by atoms with Crippen molar-refractivity contribution in [1.29, 1.82) is 0 Å². The van der Waals surface area contributed by atoms with Crippen LogP contribution >= 0.6 is 0 Å². The van der Waals surface area contributed by atoms with Crippen LogP contribution in [0.15, 0.2) is 59.5 Å². The molecule has 2 rings (SSSR count). The number of rotatable bonds is 8. The lowest BCUT2D eigenvalue weighted by Crippen LogP contribution is -2.08. The van der Waals surface area contributed by atoms with Crippen molar-refractivity contribution in [1.82, 2.24) is 0 Å². The summed E-state index contributed by atoms with van der Waals surface area (Å²) in [6.07, 6.45) is 1.36. The largest absolute Gasteiger partial charge is 0.494 e. The van der Waals surface area contributed by atoms with Crippen molar-refractivity contribution in [2.24, 2.45) is 0 Å². The second-order valence-corrected chi connectivity index (χ2v) is 6.57. The first-order chi connectivity index (χ1) is 10.6. The Balaban J connectivity index is 1.68. The number of hydrogen-bond acceptors (Lipinski definition) is 4. The smallest absolute Gasteiger partial charge is 0.296 e. The third kappa shape index (κ3) is 5.16. The second kappa shape index (κ2) is 7.96. The van der Waals surface area contributed by atoms with E-state index in [0.717, 1.165) is 17.7 Å². The number of aryl methyl sites for hydroxylation is 1. The third-order valence-corrected chi connectivity index (χ3v) is 4.43. The zero-order valence-electron chi connectivity index (χ0n) is 12.6. The molecule has 5 heteroatoms. The van der Waals surface area contributed by atoms with Crippen molar-refractivity contribution >= 4 is 10.1 Å². The number of unbranched alkanes of at least 4 members (excludes halogenated alkanes) is 1. The van der Waals surface area contributed by atoms with Gasteiger partial charge in [-0.05, 0) is 44.0 Å². The van der Waals surface area contributed by atoms with E-state index in [1.165, 1.54) is 0 Å². The molecule has 2 aromatic carbocycles. The number of benzene rings is 2. The van der Waals surface area contributed by atoms with Crippen molar-refractivity contribution in [3.05, 3.63) is 60.2 Å². The molecule has 0 aliphatic rings. The summed E-state index contributed by atoms with van der Waals surface area (Å²) >= 11 is 0. The molecule has 0 spiro atoms. The van der Waals surface area contributed by atoms with E-state index in [2.05, 4.69) is 0 Å². The van der Waals surface area contributed by atoms with Gasteiger partial charge in [-0.15, -0.1) is 0 Å². The molecule has 0 aliphatic carbocycles. The Morgan fingerprint density at radius 3 is 2.18 bits per heavy atom. The maximum absolute atomic E-state index is 11.9. The van der Waals surface area contributed by atoms with E-state index < -0.39 is 10.1 Å². The zero-order chi connectivity index (χ0) is 15.8. The monoisotopic (exact) mass is 320 g/mol. The Hall–Kier alpha value is -1.85. The molecule has 0 aromatic heterocycles. The quantitative estimate of drug-likeness (QED) is 0.551. The molecule has 0 N–H and O–H groups in total. The molecule has 0 fully saturated rings. The van der Waals surface area contributed by atoms with Gasteiger partial charge in [0.15, 0.2) is 0 Å². The first kappa shape index (κ1) is 16.5. The van der Waals surface area contributed by atoms with Gasteiger partial charge in [0.05, 0.1) is 18.1 Å². The van der Waals surface area contributed by atoms with Gasteiger partial charge in [-0.1, -0.05) is 35.9 Å². The highest BCUT2D eigenvalue weighted by Gasteiger charge is 2.14. The van der Waals surface area contributed by atoms with Crippen LogP contribution in [0, 0.1) is 6.92 Å². The van der Waals surface area contributed by atoms with Crippen LogP contribution in [0.1, 0.15) is 18.4 Å². The molecular formula is C17H20O4S. The Morgan fingerprint density at radius 2 is 1.50 bits per heavy atom. The fourth-order valence-electron chi connectivity index (χ4n) is 1.85. The highest BCUT2D eigenvalue weighted by Crippen LogP contribution is 2.14. The number of ether oxygens (including phenoxy) is 1. The Bertz CT molecular complexity index is 664. The van der Waals surface area contributed by atoms with Gasteiger partial charge in [0.1, 0.15) is 5.75 Å². The molecule has 0 amide bonds. The summed E-state index contributed by atoms with van der Waals surface area (Å²) in [7, 11) is -3.66. The molecule has 0 atom stereocenters. The first-order valence-corrected chi connectivity index (χ1v) is 8.63. The standard InChI is InChI=1S/C17H20O4S/c1-15-9-11-17(12-10-15)22(18,19)21-14-6-5-13-20-16-7-3-2-4-8-16/h2-4,7-12H,5-6,13-14H2,1H3. The molecule has 0 saturated carbocycles. The lowest BCUT2D eigenvalue weighted by Gasteiger charge is -2.07. The van der Waals surface area contributed by atoms with E-state index in [1.807, 2.05) is 37.3 Å². The molecule has 0 bridgehead atoms. The second-order valence-electron chi connectivity index (χ2n) is 4.96. The summed E-state index contributed by atoms with van der Waals surface area (Å²) in [5, 5.41) is 0. The molecule has 0 aliphatic heterocycles. The molecule has 2 aromatic rings. The first-order valence-electron chi connectivity index (χ1n) is 7.22. The van der Waals surface area contributed by atoms with Crippen LogP contribution in [-0.4, -0.2) is 21.6 Å². The topological polar surface area (TPSA) is 52.6 Å². The molecule has 4 nitrogen and oxygen atoms in total. The minimum Gasteiger partial charge on any atom is -0.494 e. The lowest BCUT2D eigenvalue weighted by atomic mass is 10.2. The SMILES string of the molecule is Cc1ccc(S(=O)(=O)OCCCCOc2ccccc2)cc1. The van der Waals surface area contributed by atoms with Crippen molar-refractivity contribution in [2.75, 3.05) is 13.2 Å².